The highest BCUT2D eigenvalue weighted by Crippen LogP contribution is 2.40. The minimum atomic E-state index is -0.822. The Hall–Kier alpha value is -4.23. The number of nitrogens with zero attached hydrogens (tertiary/aromatic N) is 4. The van der Waals surface area contributed by atoms with Crippen LogP contribution < -0.4 is 4.90 Å². The van der Waals surface area contributed by atoms with Gasteiger partial charge in [-0.3, -0.25) is 0 Å². The number of fused-ring (bicyclic) bond motifs is 1. The Bertz CT molecular complexity index is 1160. The van der Waals surface area contributed by atoms with Crippen molar-refractivity contribution in [1.82, 2.24) is 0 Å². The van der Waals surface area contributed by atoms with Crippen molar-refractivity contribution in [3.63, 3.8) is 0 Å². The van der Waals surface area contributed by atoms with E-state index in [9.17, 15) is 5.26 Å². The third kappa shape index (κ3) is 3.62. The van der Waals surface area contributed by atoms with Crippen molar-refractivity contribution in [3.05, 3.63) is 88.0 Å². The summed E-state index contributed by atoms with van der Waals surface area (Å²) in [5, 5.41) is 27.8. The van der Waals surface area contributed by atoms with Crippen molar-refractivity contribution < 1.29 is 4.74 Å². The molecule has 0 saturated heterocycles. The number of likely N-dealkylation sites (N-methyl/N-ethyl adjacent to an activating group) is 1. The molecule has 2 aliphatic rings. The van der Waals surface area contributed by atoms with Gasteiger partial charge in [0.2, 0.25) is 0 Å². The first kappa shape index (κ1) is 19.5. The second-order valence-corrected chi connectivity index (χ2v) is 6.95. The molecule has 0 radical (unpaired) electrons. The smallest absolute Gasteiger partial charge is 0.172 e. The van der Waals surface area contributed by atoms with Crippen LogP contribution >= 0.6 is 0 Å². The van der Waals surface area contributed by atoms with Crippen molar-refractivity contribution in [1.29, 1.82) is 15.8 Å². The molecule has 0 atom stereocenters. The first-order valence-corrected chi connectivity index (χ1v) is 8.96. The van der Waals surface area contributed by atoms with Gasteiger partial charge >= 0.3 is 0 Å². The van der Waals surface area contributed by atoms with Crippen molar-refractivity contribution in [2.24, 2.45) is 0 Å². The van der Waals surface area contributed by atoms with Gasteiger partial charge in [-0.1, -0.05) is 42.2 Å². The first-order valence-electron chi connectivity index (χ1n) is 8.96. The Morgan fingerprint density at radius 1 is 1.10 bits per heavy atom. The fourth-order valence-electron chi connectivity index (χ4n) is 3.25. The highest BCUT2D eigenvalue weighted by molar-refractivity contribution is 5.75. The summed E-state index contributed by atoms with van der Waals surface area (Å²) in [5.74, 6) is 0.0380. The van der Waals surface area contributed by atoms with E-state index < -0.39 is 5.60 Å². The van der Waals surface area contributed by atoms with Crippen LogP contribution in [0.3, 0.4) is 0 Å². The molecular formula is C24H18N4O. The van der Waals surface area contributed by atoms with E-state index in [-0.39, 0.29) is 16.9 Å². The van der Waals surface area contributed by atoms with E-state index in [0.717, 1.165) is 16.9 Å². The van der Waals surface area contributed by atoms with Crippen molar-refractivity contribution in [3.8, 4) is 18.2 Å². The summed E-state index contributed by atoms with van der Waals surface area (Å²) < 4.78 is 5.74. The van der Waals surface area contributed by atoms with E-state index in [4.69, 9.17) is 15.3 Å². The molecule has 0 bridgehead atoms. The summed E-state index contributed by atoms with van der Waals surface area (Å²) >= 11 is 0. The topological polar surface area (TPSA) is 83.8 Å². The number of anilines is 1. The number of ether oxygens (including phenoxy) is 1. The number of allylic oxidation sites excluding steroid dienone is 4. The standard InChI is InChI=1S/C24H18N4O/c1-24(2)21(20(16-27)23(29-24)18(14-25)15-26)10-6-5-9-19-13-12-17-8-4-7-11-22(17)28(19)3/h4-8,10-13H,1-3H3. The van der Waals surface area contributed by atoms with Gasteiger partial charge in [-0.25, -0.2) is 0 Å². The molecule has 0 fully saturated rings. The molecule has 29 heavy (non-hydrogen) atoms. The van der Waals surface area contributed by atoms with Crippen LogP contribution in [0.4, 0.5) is 5.69 Å². The summed E-state index contributed by atoms with van der Waals surface area (Å²) in [6, 6.07) is 13.7. The summed E-state index contributed by atoms with van der Waals surface area (Å²) in [4.78, 5) is 2.05. The van der Waals surface area contributed by atoms with Crippen LogP contribution in [0.5, 0.6) is 0 Å². The highest BCUT2D eigenvalue weighted by atomic mass is 16.5. The molecule has 5 heteroatoms. The summed E-state index contributed by atoms with van der Waals surface area (Å²) in [6.45, 7) is 3.58. The molecule has 0 amide bonds. The van der Waals surface area contributed by atoms with Gasteiger partial charge in [-0.05, 0) is 37.6 Å². The predicted octanol–water partition coefficient (Wildman–Crippen LogP) is 4.68. The van der Waals surface area contributed by atoms with Gasteiger partial charge in [0.05, 0.1) is 5.70 Å². The fraction of sp³-hybridized carbons (Fsp3) is 0.167. The average molecular weight is 378 g/mol. The van der Waals surface area contributed by atoms with Gasteiger partial charge in [-0.2, -0.15) is 15.8 Å². The molecule has 0 unspecified atom stereocenters. The maximum atomic E-state index is 9.55. The highest BCUT2D eigenvalue weighted by Gasteiger charge is 2.38. The third-order valence-corrected chi connectivity index (χ3v) is 4.74. The second-order valence-electron chi connectivity index (χ2n) is 6.95. The zero-order valence-corrected chi connectivity index (χ0v) is 16.4. The molecule has 0 aromatic heterocycles. The summed E-state index contributed by atoms with van der Waals surface area (Å²) in [7, 11) is 1.98. The van der Waals surface area contributed by atoms with Crippen molar-refractivity contribution in [2.45, 2.75) is 19.4 Å². The molecule has 3 rings (SSSR count). The largest absolute Gasteiger partial charge is 0.480 e. The van der Waals surface area contributed by atoms with Gasteiger partial charge in [0.1, 0.15) is 29.4 Å². The number of hydrogen-bond donors (Lipinski definition) is 0. The normalized spacial score (nSPS) is 16.5. The monoisotopic (exact) mass is 378 g/mol. The Morgan fingerprint density at radius 2 is 1.83 bits per heavy atom. The molecule has 140 valence electrons. The lowest BCUT2D eigenvalue weighted by Crippen LogP contribution is -2.20. The molecule has 0 spiro atoms. The minimum absolute atomic E-state index is 0.0380. The van der Waals surface area contributed by atoms with Crippen LogP contribution in [-0.2, 0) is 4.74 Å². The zero-order chi connectivity index (χ0) is 21.0. The number of nitriles is 3. The quantitative estimate of drug-likeness (QED) is 0.424. The van der Waals surface area contributed by atoms with Crippen LogP contribution in [0.25, 0.3) is 6.08 Å². The maximum absolute atomic E-state index is 9.55. The van der Waals surface area contributed by atoms with Crippen LogP contribution in [0.15, 0.2) is 82.5 Å². The molecule has 0 aliphatic carbocycles. The van der Waals surface area contributed by atoms with Gasteiger partial charge in [-0.15, -0.1) is 0 Å². The molecule has 0 saturated carbocycles. The van der Waals surface area contributed by atoms with Crippen LogP contribution in [0, 0.1) is 34.0 Å². The molecule has 5 nitrogen and oxygen atoms in total. The number of para-hydroxylation sites is 1. The lowest BCUT2D eigenvalue weighted by atomic mass is 9.95. The number of rotatable bonds is 2. The SMILES string of the molecule is CN1C(=C=CC=CC2=C(C#N)C(=C(C#N)C#N)OC2(C)C)C=Cc2ccccc21. The van der Waals surface area contributed by atoms with E-state index in [0.29, 0.717) is 5.57 Å². The molecule has 0 N–H and O–H groups in total. The fourth-order valence-corrected chi connectivity index (χ4v) is 3.25. The number of benzene rings is 1. The van der Waals surface area contributed by atoms with Crippen molar-refractivity contribution in [2.75, 3.05) is 11.9 Å². The molecule has 2 heterocycles. The second kappa shape index (κ2) is 7.79. The van der Waals surface area contributed by atoms with E-state index in [1.54, 1.807) is 44.2 Å². The van der Waals surface area contributed by atoms with Gasteiger partial charge < -0.3 is 9.64 Å². The van der Waals surface area contributed by atoms with Crippen LogP contribution in [-0.4, -0.2) is 12.6 Å². The lowest BCUT2D eigenvalue weighted by molar-refractivity contribution is 0.0954. The van der Waals surface area contributed by atoms with Gasteiger partial charge in [0.25, 0.3) is 0 Å². The van der Waals surface area contributed by atoms with Crippen LogP contribution in [0.1, 0.15) is 19.4 Å². The summed E-state index contributed by atoms with van der Waals surface area (Å²) in [6.07, 6.45) is 9.32. The van der Waals surface area contributed by atoms with E-state index in [1.165, 1.54) is 0 Å². The Labute approximate surface area is 170 Å². The lowest BCUT2D eigenvalue weighted by Gasteiger charge is -2.24. The molecule has 2 aliphatic heterocycles. The van der Waals surface area contributed by atoms with Gasteiger partial charge in [0, 0.05) is 18.3 Å². The molecule has 1 aromatic rings. The zero-order valence-electron chi connectivity index (χ0n) is 16.4. The molecule has 1 aromatic carbocycles. The third-order valence-electron chi connectivity index (χ3n) is 4.74. The van der Waals surface area contributed by atoms with Crippen LogP contribution in [0.2, 0.25) is 0 Å². The number of hydrogen-bond acceptors (Lipinski definition) is 5. The molecular weight excluding hydrogens is 360 g/mol. The Morgan fingerprint density at radius 3 is 2.52 bits per heavy atom. The summed E-state index contributed by atoms with van der Waals surface area (Å²) in [5.41, 5.74) is 6.17. The van der Waals surface area contributed by atoms with Crippen molar-refractivity contribution >= 4 is 11.8 Å². The van der Waals surface area contributed by atoms with E-state index >= 15 is 0 Å². The predicted molar refractivity (Wildman–Crippen MR) is 111 cm³/mol. The minimum Gasteiger partial charge on any atom is -0.480 e. The Kier molecular flexibility index (Phi) is 5.25. The first-order chi connectivity index (χ1) is 13.9. The van der Waals surface area contributed by atoms with E-state index in [1.807, 2.05) is 31.3 Å². The van der Waals surface area contributed by atoms with E-state index in [2.05, 4.69) is 28.8 Å². The average Bonchev–Trinajstić information content (AvgIpc) is 2.97. The maximum Gasteiger partial charge on any atom is 0.172 e. The van der Waals surface area contributed by atoms with Gasteiger partial charge in [0.15, 0.2) is 11.3 Å². The Balaban J connectivity index is 1.96.